The number of amides is 1. The zero-order valence-corrected chi connectivity index (χ0v) is 13.2. The second-order valence-electron chi connectivity index (χ2n) is 5.50. The molecule has 2 aromatic heterocycles. The molecule has 1 amide bonds. The predicted molar refractivity (Wildman–Crippen MR) is 90.1 cm³/mol. The normalized spacial score (nSPS) is 10.7. The molecule has 2 heterocycles. The van der Waals surface area contributed by atoms with E-state index in [4.69, 9.17) is 0 Å². The van der Waals surface area contributed by atoms with Gasteiger partial charge in [-0.1, -0.05) is 18.2 Å². The van der Waals surface area contributed by atoms with Crippen LogP contribution in [0.25, 0.3) is 10.9 Å². The maximum atomic E-state index is 12.1. The third kappa shape index (κ3) is 3.48. The first-order chi connectivity index (χ1) is 11.1. The van der Waals surface area contributed by atoms with Gasteiger partial charge in [-0.05, 0) is 23.6 Å². The van der Waals surface area contributed by atoms with E-state index in [1.54, 1.807) is 6.20 Å². The SMILES string of the molecule is CN(C)c1ccnc(CNC(=O)Cn2ccc3ccccc32)n1. The van der Waals surface area contributed by atoms with Crippen LogP contribution < -0.4 is 10.2 Å². The first-order valence-corrected chi connectivity index (χ1v) is 7.43. The van der Waals surface area contributed by atoms with Crippen molar-refractivity contribution in [3.05, 3.63) is 54.6 Å². The van der Waals surface area contributed by atoms with Gasteiger partial charge in [-0.25, -0.2) is 9.97 Å². The number of anilines is 1. The number of carbonyl (C=O) groups is 1. The van der Waals surface area contributed by atoms with Crippen molar-refractivity contribution < 1.29 is 4.79 Å². The van der Waals surface area contributed by atoms with Crippen molar-refractivity contribution in [3.63, 3.8) is 0 Å². The Labute approximate surface area is 134 Å². The van der Waals surface area contributed by atoms with E-state index in [1.807, 2.05) is 66.2 Å². The lowest BCUT2D eigenvalue weighted by molar-refractivity contribution is -0.121. The van der Waals surface area contributed by atoms with Crippen LogP contribution in [-0.4, -0.2) is 34.5 Å². The molecular formula is C17H19N5O. The minimum absolute atomic E-state index is 0.0646. The molecule has 6 heteroatoms. The minimum Gasteiger partial charge on any atom is -0.363 e. The molecule has 1 N–H and O–H groups in total. The number of hydrogen-bond donors (Lipinski definition) is 1. The molecule has 0 saturated carbocycles. The van der Waals surface area contributed by atoms with E-state index < -0.39 is 0 Å². The lowest BCUT2D eigenvalue weighted by Crippen LogP contribution is -2.28. The standard InChI is InChI=1S/C17H19N5O/c1-21(2)16-7-9-18-15(20-16)11-19-17(23)12-22-10-8-13-5-3-4-6-14(13)22/h3-10H,11-12H2,1-2H3,(H,19,23). The van der Waals surface area contributed by atoms with Gasteiger partial charge < -0.3 is 14.8 Å². The Kier molecular flexibility index (Phi) is 4.23. The van der Waals surface area contributed by atoms with E-state index in [0.717, 1.165) is 16.7 Å². The van der Waals surface area contributed by atoms with Gasteiger partial charge in [0.1, 0.15) is 18.2 Å². The number of benzene rings is 1. The van der Waals surface area contributed by atoms with E-state index in [-0.39, 0.29) is 12.5 Å². The van der Waals surface area contributed by atoms with Crippen molar-refractivity contribution in [2.75, 3.05) is 19.0 Å². The Hall–Kier alpha value is -2.89. The molecule has 0 spiro atoms. The fourth-order valence-corrected chi connectivity index (χ4v) is 2.39. The fraction of sp³-hybridized carbons (Fsp3) is 0.235. The highest BCUT2D eigenvalue weighted by Crippen LogP contribution is 2.14. The Balaban J connectivity index is 1.63. The molecule has 0 saturated heterocycles. The monoisotopic (exact) mass is 309 g/mol. The molecule has 23 heavy (non-hydrogen) atoms. The number of nitrogens with one attached hydrogen (secondary N) is 1. The summed E-state index contributed by atoms with van der Waals surface area (Å²) in [5.41, 5.74) is 1.05. The third-order valence-electron chi connectivity index (χ3n) is 3.59. The molecule has 0 aliphatic heterocycles. The van der Waals surface area contributed by atoms with Crippen molar-refractivity contribution >= 4 is 22.6 Å². The molecule has 118 valence electrons. The maximum Gasteiger partial charge on any atom is 0.240 e. The summed E-state index contributed by atoms with van der Waals surface area (Å²) in [7, 11) is 3.84. The van der Waals surface area contributed by atoms with Crippen LogP contribution in [-0.2, 0) is 17.9 Å². The van der Waals surface area contributed by atoms with Gasteiger partial charge >= 0.3 is 0 Å². The molecule has 0 bridgehead atoms. The average molecular weight is 309 g/mol. The Morgan fingerprint density at radius 3 is 2.87 bits per heavy atom. The Morgan fingerprint density at radius 2 is 2.04 bits per heavy atom. The van der Waals surface area contributed by atoms with Gasteiger partial charge in [0.05, 0.1) is 6.54 Å². The number of carbonyl (C=O) groups excluding carboxylic acids is 1. The highest BCUT2D eigenvalue weighted by Gasteiger charge is 2.07. The van der Waals surface area contributed by atoms with Crippen LogP contribution in [0.2, 0.25) is 0 Å². The molecule has 6 nitrogen and oxygen atoms in total. The van der Waals surface area contributed by atoms with Crippen molar-refractivity contribution in [3.8, 4) is 0 Å². The number of aromatic nitrogens is 3. The molecule has 0 aliphatic rings. The quantitative estimate of drug-likeness (QED) is 0.781. The third-order valence-corrected chi connectivity index (χ3v) is 3.59. The van der Waals surface area contributed by atoms with Gasteiger partial charge in [-0.15, -0.1) is 0 Å². The highest BCUT2D eigenvalue weighted by atomic mass is 16.1. The summed E-state index contributed by atoms with van der Waals surface area (Å²) < 4.78 is 1.93. The van der Waals surface area contributed by atoms with Gasteiger partial charge in [0, 0.05) is 32.0 Å². The smallest absolute Gasteiger partial charge is 0.240 e. The van der Waals surface area contributed by atoms with E-state index in [1.165, 1.54) is 0 Å². The van der Waals surface area contributed by atoms with Crippen LogP contribution >= 0.6 is 0 Å². The summed E-state index contributed by atoms with van der Waals surface area (Å²) in [5, 5.41) is 3.99. The van der Waals surface area contributed by atoms with Crippen molar-refractivity contribution in [2.45, 2.75) is 13.1 Å². The van der Waals surface area contributed by atoms with Crippen LogP contribution in [0.15, 0.2) is 48.8 Å². The van der Waals surface area contributed by atoms with E-state index in [9.17, 15) is 4.79 Å². The van der Waals surface area contributed by atoms with Crippen LogP contribution in [0.1, 0.15) is 5.82 Å². The van der Waals surface area contributed by atoms with Crippen molar-refractivity contribution in [1.82, 2.24) is 19.9 Å². The first-order valence-electron chi connectivity index (χ1n) is 7.43. The van der Waals surface area contributed by atoms with Gasteiger partial charge in [0.15, 0.2) is 0 Å². The number of para-hydroxylation sites is 1. The van der Waals surface area contributed by atoms with Crippen molar-refractivity contribution in [1.29, 1.82) is 0 Å². The number of fused-ring (bicyclic) bond motifs is 1. The summed E-state index contributed by atoms with van der Waals surface area (Å²) in [6, 6.07) is 11.8. The lowest BCUT2D eigenvalue weighted by Gasteiger charge is -2.12. The number of rotatable bonds is 5. The summed E-state index contributed by atoms with van der Waals surface area (Å²) in [6.45, 7) is 0.598. The van der Waals surface area contributed by atoms with Crippen LogP contribution in [0.4, 0.5) is 5.82 Å². The molecular weight excluding hydrogens is 290 g/mol. The fourth-order valence-electron chi connectivity index (χ4n) is 2.39. The van der Waals surface area contributed by atoms with E-state index in [2.05, 4.69) is 15.3 Å². The topological polar surface area (TPSA) is 63.1 Å². The Bertz CT molecular complexity index is 824. The summed E-state index contributed by atoms with van der Waals surface area (Å²) in [4.78, 5) is 22.6. The summed E-state index contributed by atoms with van der Waals surface area (Å²) in [6.07, 6.45) is 3.62. The minimum atomic E-state index is -0.0646. The number of hydrogen-bond acceptors (Lipinski definition) is 4. The molecule has 0 unspecified atom stereocenters. The first kappa shape index (κ1) is 15.0. The summed E-state index contributed by atoms with van der Waals surface area (Å²) in [5.74, 6) is 1.35. The number of nitrogens with zero attached hydrogens (tertiary/aromatic N) is 4. The predicted octanol–water partition coefficient (Wildman–Crippen LogP) is 1.81. The largest absolute Gasteiger partial charge is 0.363 e. The molecule has 3 rings (SSSR count). The average Bonchev–Trinajstić information content (AvgIpc) is 2.96. The zero-order valence-electron chi connectivity index (χ0n) is 13.2. The van der Waals surface area contributed by atoms with E-state index >= 15 is 0 Å². The molecule has 3 aromatic rings. The lowest BCUT2D eigenvalue weighted by atomic mass is 10.2. The van der Waals surface area contributed by atoms with Crippen LogP contribution in [0.5, 0.6) is 0 Å². The molecule has 1 aromatic carbocycles. The second-order valence-corrected chi connectivity index (χ2v) is 5.50. The van der Waals surface area contributed by atoms with Crippen LogP contribution in [0.3, 0.4) is 0 Å². The Morgan fingerprint density at radius 1 is 1.22 bits per heavy atom. The van der Waals surface area contributed by atoms with E-state index in [0.29, 0.717) is 12.4 Å². The summed E-state index contributed by atoms with van der Waals surface area (Å²) >= 11 is 0. The molecule has 0 atom stereocenters. The second kappa shape index (κ2) is 6.48. The molecule has 0 radical (unpaired) electrons. The molecule has 0 aliphatic carbocycles. The van der Waals surface area contributed by atoms with Gasteiger partial charge in [-0.2, -0.15) is 0 Å². The van der Waals surface area contributed by atoms with Gasteiger partial charge in [0.2, 0.25) is 5.91 Å². The van der Waals surface area contributed by atoms with Crippen LogP contribution in [0, 0.1) is 0 Å². The zero-order chi connectivity index (χ0) is 16.2. The molecule has 0 fully saturated rings. The van der Waals surface area contributed by atoms with Gasteiger partial charge in [-0.3, -0.25) is 4.79 Å². The van der Waals surface area contributed by atoms with Gasteiger partial charge in [0.25, 0.3) is 0 Å². The highest BCUT2D eigenvalue weighted by molar-refractivity contribution is 5.83. The van der Waals surface area contributed by atoms with Crippen molar-refractivity contribution in [2.24, 2.45) is 0 Å². The maximum absolute atomic E-state index is 12.1.